The largest absolute Gasteiger partial charge is 0.351 e. The lowest BCUT2D eigenvalue weighted by Crippen LogP contribution is -2.62. The van der Waals surface area contributed by atoms with Crippen LogP contribution in [0.5, 0.6) is 0 Å². The molecule has 2 spiro atoms. The van der Waals surface area contributed by atoms with E-state index in [2.05, 4.69) is 6.92 Å². The van der Waals surface area contributed by atoms with Crippen LogP contribution in [-0.4, -0.2) is 36.5 Å². The van der Waals surface area contributed by atoms with Gasteiger partial charge in [-0.15, -0.1) is 0 Å². The number of rotatable bonds is 0. The molecule has 0 unspecified atom stereocenters. The van der Waals surface area contributed by atoms with Gasteiger partial charge in [-0.1, -0.05) is 6.92 Å². The van der Waals surface area contributed by atoms with Crippen molar-refractivity contribution in [2.75, 3.05) is 13.2 Å². The van der Waals surface area contributed by atoms with E-state index in [1.54, 1.807) is 0 Å². The summed E-state index contributed by atoms with van der Waals surface area (Å²) in [5.41, 5.74) is -0.418. The summed E-state index contributed by atoms with van der Waals surface area (Å²) in [5.74, 6) is -0.386. The van der Waals surface area contributed by atoms with E-state index in [-0.39, 0.29) is 17.3 Å². The lowest BCUT2D eigenvalue weighted by atomic mass is 9.57. The summed E-state index contributed by atoms with van der Waals surface area (Å²) in [7, 11) is 0. The van der Waals surface area contributed by atoms with Gasteiger partial charge in [0.25, 0.3) is 0 Å². The summed E-state index contributed by atoms with van der Waals surface area (Å²) < 4.78 is 17.7. The maximum absolute atomic E-state index is 11.9. The SMILES string of the molecule is C[C@]12CCCC3(OCCO3)[C@]13O[C@@H]3C(=O)CC2. The summed E-state index contributed by atoms with van der Waals surface area (Å²) in [6.45, 7) is 3.50. The second-order valence-corrected chi connectivity index (χ2v) is 6.06. The molecule has 2 saturated carbocycles. The van der Waals surface area contributed by atoms with Crippen LogP contribution in [-0.2, 0) is 19.0 Å². The van der Waals surface area contributed by atoms with E-state index in [4.69, 9.17) is 14.2 Å². The molecule has 0 bridgehead atoms. The molecule has 2 heterocycles. The third-order valence-corrected chi connectivity index (χ3v) is 5.28. The highest BCUT2D eigenvalue weighted by molar-refractivity contribution is 5.89. The first kappa shape index (κ1) is 10.5. The van der Waals surface area contributed by atoms with Crippen LogP contribution in [0.25, 0.3) is 0 Å². The van der Waals surface area contributed by atoms with Crippen molar-refractivity contribution in [2.45, 2.75) is 56.5 Å². The molecule has 4 fully saturated rings. The third kappa shape index (κ3) is 0.996. The molecular weight excluding hydrogens is 220 g/mol. The first-order valence-corrected chi connectivity index (χ1v) is 6.62. The van der Waals surface area contributed by atoms with Gasteiger partial charge in [0, 0.05) is 18.3 Å². The molecule has 94 valence electrons. The summed E-state index contributed by atoms with van der Waals surface area (Å²) in [6, 6.07) is 0. The minimum absolute atomic E-state index is 0.0498. The highest BCUT2D eigenvalue weighted by Gasteiger charge is 2.83. The molecule has 2 aliphatic carbocycles. The monoisotopic (exact) mass is 238 g/mol. The second kappa shape index (κ2) is 2.92. The van der Waals surface area contributed by atoms with Crippen molar-refractivity contribution in [1.29, 1.82) is 0 Å². The Kier molecular flexibility index (Phi) is 1.80. The molecule has 0 N–H and O–H groups in total. The van der Waals surface area contributed by atoms with E-state index in [0.29, 0.717) is 19.6 Å². The highest BCUT2D eigenvalue weighted by Crippen LogP contribution is 2.68. The average molecular weight is 238 g/mol. The van der Waals surface area contributed by atoms with Crippen LogP contribution in [0.2, 0.25) is 0 Å². The van der Waals surface area contributed by atoms with Crippen molar-refractivity contribution < 1.29 is 19.0 Å². The van der Waals surface area contributed by atoms with E-state index >= 15 is 0 Å². The number of Topliss-reactive ketones (excluding diaryl/α,β-unsaturated/α-hetero) is 1. The summed E-state index contributed by atoms with van der Waals surface area (Å²) in [6.07, 6.45) is 4.38. The lowest BCUT2D eigenvalue weighted by Gasteiger charge is -2.50. The van der Waals surface area contributed by atoms with Gasteiger partial charge in [-0.3, -0.25) is 4.79 Å². The topological polar surface area (TPSA) is 48.1 Å². The summed E-state index contributed by atoms with van der Waals surface area (Å²) in [4.78, 5) is 11.9. The number of ketones is 1. The maximum atomic E-state index is 11.9. The minimum atomic E-state index is -0.624. The fourth-order valence-electron chi connectivity index (χ4n) is 4.39. The maximum Gasteiger partial charge on any atom is 0.201 e. The number of carbonyl (C=O) groups is 1. The van der Waals surface area contributed by atoms with Gasteiger partial charge >= 0.3 is 0 Å². The lowest BCUT2D eigenvalue weighted by molar-refractivity contribution is -0.253. The second-order valence-electron chi connectivity index (χ2n) is 6.06. The van der Waals surface area contributed by atoms with Crippen LogP contribution in [0.15, 0.2) is 0 Å². The molecule has 0 aromatic rings. The molecule has 0 aromatic heterocycles. The van der Waals surface area contributed by atoms with Gasteiger partial charge in [-0.05, 0) is 19.3 Å². The number of carbonyl (C=O) groups excluding carboxylic acids is 1. The first-order valence-electron chi connectivity index (χ1n) is 6.62. The van der Waals surface area contributed by atoms with E-state index < -0.39 is 11.4 Å². The third-order valence-electron chi connectivity index (χ3n) is 5.28. The Balaban J connectivity index is 1.82. The van der Waals surface area contributed by atoms with Crippen molar-refractivity contribution in [3.05, 3.63) is 0 Å². The standard InChI is InChI=1S/C13H18O4/c1-11-4-2-5-12(15-7-8-16-12)13(11)10(17-13)9(14)3-6-11/h10H,2-8H2,1H3/t10-,11-,13-/m1/s1. The fraction of sp³-hybridized carbons (Fsp3) is 0.923. The van der Waals surface area contributed by atoms with Gasteiger partial charge in [0.2, 0.25) is 5.79 Å². The molecule has 3 atom stereocenters. The zero-order chi connectivity index (χ0) is 11.7. The van der Waals surface area contributed by atoms with E-state index in [9.17, 15) is 4.79 Å². The summed E-state index contributed by atoms with van der Waals surface area (Å²) >= 11 is 0. The number of ether oxygens (including phenoxy) is 3. The predicted octanol–water partition coefficient (Wildman–Crippen LogP) is 1.42. The molecule has 0 amide bonds. The Morgan fingerprint density at radius 3 is 2.71 bits per heavy atom. The molecule has 4 heteroatoms. The van der Waals surface area contributed by atoms with Gasteiger partial charge in [-0.2, -0.15) is 0 Å². The van der Waals surface area contributed by atoms with Crippen molar-refractivity contribution in [2.24, 2.45) is 5.41 Å². The van der Waals surface area contributed by atoms with E-state index in [0.717, 1.165) is 25.7 Å². The van der Waals surface area contributed by atoms with E-state index in [1.165, 1.54) is 0 Å². The number of hydrogen-bond acceptors (Lipinski definition) is 4. The molecule has 0 radical (unpaired) electrons. The molecular formula is C13H18O4. The average Bonchev–Trinajstić information content (AvgIpc) is 2.94. The van der Waals surface area contributed by atoms with Gasteiger partial charge in [0.15, 0.2) is 17.5 Å². The van der Waals surface area contributed by atoms with Gasteiger partial charge in [0.05, 0.1) is 13.2 Å². The van der Waals surface area contributed by atoms with Crippen LogP contribution in [0.3, 0.4) is 0 Å². The molecule has 2 aliphatic heterocycles. The Morgan fingerprint density at radius 1 is 1.18 bits per heavy atom. The van der Waals surface area contributed by atoms with Gasteiger partial charge in [-0.25, -0.2) is 0 Å². The highest BCUT2D eigenvalue weighted by atomic mass is 16.8. The first-order chi connectivity index (χ1) is 8.14. The minimum Gasteiger partial charge on any atom is -0.351 e. The molecule has 4 nitrogen and oxygen atoms in total. The Morgan fingerprint density at radius 2 is 1.94 bits per heavy atom. The molecule has 2 saturated heterocycles. The zero-order valence-electron chi connectivity index (χ0n) is 10.2. The Labute approximate surface area is 101 Å². The summed E-state index contributed by atoms with van der Waals surface area (Å²) in [5, 5.41) is 0. The normalized spacial score (nSPS) is 51.1. The van der Waals surface area contributed by atoms with Crippen molar-refractivity contribution >= 4 is 5.78 Å². The van der Waals surface area contributed by atoms with Crippen molar-refractivity contribution in [1.82, 2.24) is 0 Å². The Hall–Kier alpha value is -0.450. The predicted molar refractivity (Wildman–Crippen MR) is 58.4 cm³/mol. The smallest absolute Gasteiger partial charge is 0.201 e. The Bertz CT molecular complexity index is 387. The van der Waals surface area contributed by atoms with Crippen LogP contribution in [0.1, 0.15) is 39.0 Å². The molecule has 4 aliphatic rings. The molecule has 0 aromatic carbocycles. The fourth-order valence-corrected chi connectivity index (χ4v) is 4.39. The molecule has 4 rings (SSSR count). The van der Waals surface area contributed by atoms with Crippen molar-refractivity contribution in [3.8, 4) is 0 Å². The van der Waals surface area contributed by atoms with Crippen LogP contribution in [0.4, 0.5) is 0 Å². The van der Waals surface area contributed by atoms with Gasteiger partial charge < -0.3 is 14.2 Å². The molecule has 17 heavy (non-hydrogen) atoms. The van der Waals surface area contributed by atoms with Gasteiger partial charge in [0.1, 0.15) is 0 Å². The number of hydrogen-bond donors (Lipinski definition) is 0. The quantitative estimate of drug-likeness (QED) is 0.599. The van der Waals surface area contributed by atoms with Crippen LogP contribution >= 0.6 is 0 Å². The number of epoxide rings is 1. The van der Waals surface area contributed by atoms with Crippen LogP contribution in [0, 0.1) is 5.41 Å². The van der Waals surface area contributed by atoms with Crippen LogP contribution < -0.4 is 0 Å². The van der Waals surface area contributed by atoms with Crippen molar-refractivity contribution in [3.63, 3.8) is 0 Å². The van der Waals surface area contributed by atoms with E-state index in [1.807, 2.05) is 0 Å². The zero-order valence-corrected chi connectivity index (χ0v) is 10.2.